The van der Waals surface area contributed by atoms with Crippen LogP contribution in [0.5, 0.6) is 0 Å². The normalized spacial score (nSPS) is 18.3. The Balaban J connectivity index is 1.93. The van der Waals surface area contributed by atoms with Gasteiger partial charge in [0.05, 0.1) is 17.3 Å². The van der Waals surface area contributed by atoms with Gasteiger partial charge in [0, 0.05) is 30.9 Å². The van der Waals surface area contributed by atoms with Gasteiger partial charge in [-0.2, -0.15) is 0 Å². The van der Waals surface area contributed by atoms with E-state index in [1.165, 1.54) is 6.33 Å². The number of rotatable bonds is 2. The lowest BCUT2D eigenvalue weighted by Crippen LogP contribution is -2.48. The Kier molecular flexibility index (Phi) is 4.36. The topological polar surface area (TPSA) is 58.1 Å². The van der Waals surface area contributed by atoms with Crippen molar-refractivity contribution in [3.05, 3.63) is 58.6 Å². The van der Waals surface area contributed by atoms with Gasteiger partial charge in [0.2, 0.25) is 0 Å². The minimum Gasteiger partial charge on any atom is -0.329 e. The molecule has 1 aliphatic rings. The maximum atomic E-state index is 12.9. The quantitative estimate of drug-likeness (QED) is 0.923. The van der Waals surface area contributed by atoms with E-state index >= 15 is 0 Å². The molecule has 1 N–H and O–H groups in total. The SMILES string of the molecule is Cc1ncncc1C(=O)N1CCNCC1c1cccc(Cl)c1. The molecule has 1 atom stereocenters. The Bertz CT molecular complexity index is 691. The van der Waals surface area contributed by atoms with Crippen LogP contribution in [-0.2, 0) is 0 Å². The first-order valence-electron chi connectivity index (χ1n) is 7.20. The van der Waals surface area contributed by atoms with Crippen LogP contribution in [0.15, 0.2) is 36.8 Å². The molecule has 1 unspecified atom stereocenters. The van der Waals surface area contributed by atoms with Gasteiger partial charge in [-0.15, -0.1) is 0 Å². The first kappa shape index (κ1) is 14.9. The summed E-state index contributed by atoms with van der Waals surface area (Å²) in [5.74, 6) is -0.0374. The number of hydrogen-bond acceptors (Lipinski definition) is 4. The highest BCUT2D eigenvalue weighted by Gasteiger charge is 2.29. The molecule has 5 nitrogen and oxygen atoms in total. The zero-order valence-corrected chi connectivity index (χ0v) is 13.0. The molecule has 22 heavy (non-hydrogen) atoms. The maximum Gasteiger partial charge on any atom is 0.257 e. The summed E-state index contributed by atoms with van der Waals surface area (Å²) in [5, 5.41) is 4.01. The van der Waals surface area contributed by atoms with Crippen molar-refractivity contribution in [2.75, 3.05) is 19.6 Å². The first-order chi connectivity index (χ1) is 10.7. The van der Waals surface area contributed by atoms with E-state index in [4.69, 9.17) is 11.6 Å². The minimum atomic E-state index is -0.0421. The maximum absolute atomic E-state index is 12.9. The van der Waals surface area contributed by atoms with E-state index in [1.54, 1.807) is 6.20 Å². The predicted molar refractivity (Wildman–Crippen MR) is 84.9 cm³/mol. The monoisotopic (exact) mass is 316 g/mol. The number of halogens is 1. The van der Waals surface area contributed by atoms with Gasteiger partial charge in [0.1, 0.15) is 6.33 Å². The molecule has 1 saturated heterocycles. The number of benzene rings is 1. The molecule has 0 spiro atoms. The molecule has 0 radical (unpaired) electrons. The molecule has 114 valence electrons. The fourth-order valence-corrected chi connectivity index (χ4v) is 2.91. The van der Waals surface area contributed by atoms with Crippen molar-refractivity contribution in [3.63, 3.8) is 0 Å². The van der Waals surface area contributed by atoms with Crippen molar-refractivity contribution in [1.29, 1.82) is 0 Å². The lowest BCUT2D eigenvalue weighted by atomic mass is 10.0. The van der Waals surface area contributed by atoms with Crippen molar-refractivity contribution in [1.82, 2.24) is 20.2 Å². The summed E-state index contributed by atoms with van der Waals surface area (Å²) in [6.07, 6.45) is 3.04. The predicted octanol–water partition coefficient (Wildman–Crippen LogP) is 2.23. The Morgan fingerprint density at radius 3 is 3.09 bits per heavy atom. The van der Waals surface area contributed by atoms with Crippen molar-refractivity contribution >= 4 is 17.5 Å². The standard InChI is InChI=1S/C16H17ClN4O/c1-11-14(8-19-10-20-11)16(22)21-6-5-18-9-15(21)12-3-2-4-13(17)7-12/h2-4,7-8,10,15,18H,5-6,9H2,1H3. The van der Waals surface area contributed by atoms with Gasteiger partial charge in [0.15, 0.2) is 0 Å². The van der Waals surface area contributed by atoms with Crippen LogP contribution >= 0.6 is 11.6 Å². The fraction of sp³-hybridized carbons (Fsp3) is 0.312. The average molecular weight is 317 g/mol. The van der Waals surface area contributed by atoms with Crippen LogP contribution in [0.3, 0.4) is 0 Å². The second kappa shape index (κ2) is 6.42. The van der Waals surface area contributed by atoms with Gasteiger partial charge in [-0.05, 0) is 24.6 Å². The molecule has 1 aliphatic heterocycles. The molecule has 3 rings (SSSR count). The van der Waals surface area contributed by atoms with Crippen molar-refractivity contribution in [2.24, 2.45) is 0 Å². The molecule has 1 amide bonds. The van der Waals surface area contributed by atoms with Crippen LogP contribution in [0.4, 0.5) is 0 Å². The molecule has 0 aliphatic carbocycles. The molecule has 1 fully saturated rings. The third-order valence-electron chi connectivity index (χ3n) is 3.88. The average Bonchev–Trinajstić information content (AvgIpc) is 2.55. The van der Waals surface area contributed by atoms with Gasteiger partial charge in [-0.3, -0.25) is 4.79 Å². The summed E-state index contributed by atoms with van der Waals surface area (Å²) >= 11 is 6.09. The Morgan fingerprint density at radius 2 is 2.32 bits per heavy atom. The van der Waals surface area contributed by atoms with E-state index in [0.717, 1.165) is 12.1 Å². The van der Waals surface area contributed by atoms with Crippen molar-refractivity contribution < 1.29 is 4.79 Å². The van der Waals surface area contributed by atoms with Gasteiger partial charge >= 0.3 is 0 Å². The van der Waals surface area contributed by atoms with E-state index in [9.17, 15) is 4.79 Å². The fourth-order valence-electron chi connectivity index (χ4n) is 2.71. The Hall–Kier alpha value is -1.98. The molecule has 2 aromatic rings. The number of carbonyl (C=O) groups excluding carboxylic acids is 1. The number of amides is 1. The van der Waals surface area contributed by atoms with Crippen LogP contribution in [0.1, 0.15) is 27.7 Å². The second-order valence-electron chi connectivity index (χ2n) is 5.30. The third-order valence-corrected chi connectivity index (χ3v) is 4.11. The van der Waals surface area contributed by atoms with Crippen LogP contribution in [-0.4, -0.2) is 40.4 Å². The highest BCUT2D eigenvalue weighted by molar-refractivity contribution is 6.30. The molecule has 0 bridgehead atoms. The summed E-state index contributed by atoms with van der Waals surface area (Å²) < 4.78 is 0. The number of nitrogens with one attached hydrogen (secondary N) is 1. The van der Waals surface area contributed by atoms with Crippen molar-refractivity contribution in [3.8, 4) is 0 Å². The summed E-state index contributed by atoms with van der Waals surface area (Å²) in [6, 6.07) is 7.61. The smallest absolute Gasteiger partial charge is 0.257 e. The van der Waals surface area contributed by atoms with Crippen LogP contribution in [0.25, 0.3) is 0 Å². The summed E-state index contributed by atoms with van der Waals surface area (Å²) in [7, 11) is 0. The number of carbonyl (C=O) groups is 1. The molecular weight excluding hydrogens is 300 g/mol. The highest BCUT2D eigenvalue weighted by Crippen LogP contribution is 2.26. The lowest BCUT2D eigenvalue weighted by Gasteiger charge is -2.36. The van der Waals surface area contributed by atoms with E-state index in [0.29, 0.717) is 29.4 Å². The van der Waals surface area contributed by atoms with Crippen LogP contribution in [0.2, 0.25) is 5.02 Å². The van der Waals surface area contributed by atoms with Gasteiger partial charge in [-0.1, -0.05) is 23.7 Å². The highest BCUT2D eigenvalue weighted by atomic mass is 35.5. The van der Waals surface area contributed by atoms with Gasteiger partial charge in [-0.25, -0.2) is 9.97 Å². The Morgan fingerprint density at radius 1 is 1.45 bits per heavy atom. The summed E-state index contributed by atoms with van der Waals surface area (Å²) in [5.41, 5.74) is 2.28. The molecule has 2 heterocycles. The van der Waals surface area contributed by atoms with Gasteiger partial charge in [0.25, 0.3) is 5.91 Å². The zero-order chi connectivity index (χ0) is 15.5. The summed E-state index contributed by atoms with van der Waals surface area (Å²) in [6.45, 7) is 3.95. The van der Waals surface area contributed by atoms with Crippen LogP contribution < -0.4 is 5.32 Å². The molecular formula is C16H17ClN4O. The molecule has 1 aromatic carbocycles. The number of aryl methyl sites for hydroxylation is 1. The van der Waals surface area contributed by atoms with E-state index in [-0.39, 0.29) is 11.9 Å². The van der Waals surface area contributed by atoms with Gasteiger partial charge < -0.3 is 10.2 Å². The third kappa shape index (κ3) is 2.96. The Labute approximate surface area is 134 Å². The summed E-state index contributed by atoms with van der Waals surface area (Å²) in [4.78, 5) is 22.8. The number of aromatic nitrogens is 2. The minimum absolute atomic E-state index is 0.0374. The van der Waals surface area contributed by atoms with Crippen molar-refractivity contribution in [2.45, 2.75) is 13.0 Å². The van der Waals surface area contributed by atoms with E-state index in [1.807, 2.05) is 36.1 Å². The number of piperazine rings is 1. The zero-order valence-electron chi connectivity index (χ0n) is 12.3. The first-order valence-corrected chi connectivity index (χ1v) is 7.58. The van der Waals surface area contributed by atoms with E-state index < -0.39 is 0 Å². The molecule has 0 saturated carbocycles. The molecule has 6 heteroatoms. The van der Waals surface area contributed by atoms with E-state index in [2.05, 4.69) is 15.3 Å². The molecule has 1 aromatic heterocycles. The largest absolute Gasteiger partial charge is 0.329 e. The second-order valence-corrected chi connectivity index (χ2v) is 5.73. The number of hydrogen-bond donors (Lipinski definition) is 1. The lowest BCUT2D eigenvalue weighted by molar-refractivity contribution is 0.0632. The number of nitrogens with zero attached hydrogens (tertiary/aromatic N) is 3. The van der Waals surface area contributed by atoms with Crippen LogP contribution in [0, 0.1) is 6.92 Å².